The Morgan fingerprint density at radius 3 is 2.83 bits per heavy atom. The van der Waals surface area contributed by atoms with E-state index in [0.29, 0.717) is 11.4 Å². The first-order chi connectivity index (χ1) is 5.74. The summed E-state index contributed by atoms with van der Waals surface area (Å²) < 4.78 is 0. The fourth-order valence-corrected chi connectivity index (χ4v) is 1.52. The van der Waals surface area contributed by atoms with E-state index in [2.05, 4.69) is 6.58 Å². The molecule has 1 rings (SSSR count). The molecule has 0 aliphatic heterocycles. The lowest BCUT2D eigenvalue weighted by atomic mass is 10.1. The van der Waals surface area contributed by atoms with Crippen LogP contribution in [0.2, 0.25) is 0 Å². The molecule has 1 aliphatic rings. The van der Waals surface area contributed by atoms with Gasteiger partial charge in [0.25, 0.3) is 0 Å². The van der Waals surface area contributed by atoms with Crippen LogP contribution >= 0.6 is 11.8 Å². The van der Waals surface area contributed by atoms with Crippen molar-refractivity contribution in [1.29, 1.82) is 10.8 Å². The summed E-state index contributed by atoms with van der Waals surface area (Å²) in [6.45, 7) is 3.60. The molecule has 0 aromatic carbocycles. The second-order valence-corrected chi connectivity index (χ2v) is 3.37. The molecule has 12 heavy (non-hydrogen) atoms. The number of thioether (sulfide) groups is 1. The first-order valence-electron chi connectivity index (χ1n) is 3.55. The lowest BCUT2D eigenvalue weighted by molar-refractivity contribution is 1.50. The van der Waals surface area contributed by atoms with Crippen molar-refractivity contribution in [2.24, 2.45) is 0 Å². The SMILES string of the molecule is C=CCSC1=CC(=N)C=CC1=N. The summed E-state index contributed by atoms with van der Waals surface area (Å²) in [5, 5.41) is 14.9. The van der Waals surface area contributed by atoms with E-state index in [1.807, 2.05) is 0 Å². The minimum absolute atomic E-state index is 0.456. The normalized spacial score (nSPS) is 16.2. The van der Waals surface area contributed by atoms with Gasteiger partial charge in [0, 0.05) is 10.7 Å². The molecule has 0 unspecified atom stereocenters. The highest BCUT2D eigenvalue weighted by atomic mass is 32.2. The smallest absolute Gasteiger partial charge is 0.0677 e. The number of nitrogens with one attached hydrogen (secondary N) is 2. The van der Waals surface area contributed by atoms with Crippen LogP contribution in [0, 0.1) is 10.8 Å². The Hall–Kier alpha value is -1.09. The van der Waals surface area contributed by atoms with Crippen molar-refractivity contribution in [2.75, 3.05) is 5.75 Å². The van der Waals surface area contributed by atoms with Crippen LogP contribution in [0.15, 0.2) is 35.8 Å². The van der Waals surface area contributed by atoms with Crippen molar-refractivity contribution in [3.05, 3.63) is 35.8 Å². The molecule has 0 aromatic heterocycles. The molecule has 0 spiro atoms. The van der Waals surface area contributed by atoms with Crippen LogP contribution in [0.4, 0.5) is 0 Å². The zero-order chi connectivity index (χ0) is 8.97. The molecule has 3 heteroatoms. The van der Waals surface area contributed by atoms with Crippen LogP contribution in [0.1, 0.15) is 0 Å². The molecule has 0 atom stereocenters. The summed E-state index contributed by atoms with van der Waals surface area (Å²) in [6.07, 6.45) is 6.77. The topological polar surface area (TPSA) is 47.7 Å². The van der Waals surface area contributed by atoms with Crippen molar-refractivity contribution >= 4 is 23.2 Å². The fraction of sp³-hybridized carbons (Fsp3) is 0.111. The van der Waals surface area contributed by atoms with Crippen molar-refractivity contribution < 1.29 is 0 Å². The highest BCUT2D eigenvalue weighted by Crippen LogP contribution is 2.20. The summed E-state index contributed by atoms with van der Waals surface area (Å²) in [6, 6.07) is 0. The molecule has 1 aliphatic carbocycles. The Balaban J connectivity index is 2.67. The molecule has 0 bridgehead atoms. The van der Waals surface area contributed by atoms with Crippen molar-refractivity contribution in [3.8, 4) is 0 Å². The van der Waals surface area contributed by atoms with Gasteiger partial charge in [-0.3, -0.25) is 5.41 Å². The van der Waals surface area contributed by atoms with Crippen LogP contribution in [0.5, 0.6) is 0 Å². The van der Waals surface area contributed by atoms with Gasteiger partial charge in [0.15, 0.2) is 0 Å². The lowest BCUT2D eigenvalue weighted by Gasteiger charge is -2.07. The van der Waals surface area contributed by atoms with Gasteiger partial charge in [-0.05, 0) is 18.2 Å². The van der Waals surface area contributed by atoms with Gasteiger partial charge in [-0.25, -0.2) is 0 Å². The standard InChI is InChI=1S/C9H10N2S/c1-2-5-12-9-6-7(10)3-4-8(9)11/h2-4,6,10-11H,1,5H2. The Morgan fingerprint density at radius 2 is 2.17 bits per heavy atom. The maximum atomic E-state index is 7.51. The van der Waals surface area contributed by atoms with Gasteiger partial charge in [-0.2, -0.15) is 0 Å². The van der Waals surface area contributed by atoms with Crippen LogP contribution in [0.3, 0.4) is 0 Å². The van der Waals surface area contributed by atoms with Gasteiger partial charge in [0.1, 0.15) is 0 Å². The van der Waals surface area contributed by atoms with Gasteiger partial charge in [0.2, 0.25) is 0 Å². The number of rotatable bonds is 3. The number of hydrogen-bond acceptors (Lipinski definition) is 3. The molecule has 0 saturated carbocycles. The third-order valence-corrected chi connectivity index (χ3v) is 2.39. The Bertz CT molecular complexity index is 287. The van der Waals surface area contributed by atoms with Crippen molar-refractivity contribution in [1.82, 2.24) is 0 Å². The lowest BCUT2D eigenvalue weighted by Crippen LogP contribution is -2.03. The van der Waals surface area contributed by atoms with Crippen LogP contribution in [-0.2, 0) is 0 Å². The summed E-state index contributed by atoms with van der Waals surface area (Å²) in [5.41, 5.74) is 0.940. The minimum Gasteiger partial charge on any atom is -0.301 e. The average Bonchev–Trinajstić information content (AvgIpc) is 2.07. The fourth-order valence-electron chi connectivity index (χ4n) is 0.790. The molecule has 2 N–H and O–H groups in total. The van der Waals surface area contributed by atoms with Crippen LogP contribution in [0.25, 0.3) is 0 Å². The van der Waals surface area contributed by atoms with E-state index in [9.17, 15) is 0 Å². The molecular weight excluding hydrogens is 168 g/mol. The highest BCUT2D eigenvalue weighted by molar-refractivity contribution is 8.04. The summed E-state index contributed by atoms with van der Waals surface area (Å²) >= 11 is 1.54. The second-order valence-electron chi connectivity index (χ2n) is 2.31. The third kappa shape index (κ3) is 2.20. The summed E-state index contributed by atoms with van der Waals surface area (Å²) in [7, 11) is 0. The first kappa shape index (κ1) is 9.00. The van der Waals surface area contributed by atoms with E-state index >= 15 is 0 Å². The molecule has 0 aromatic rings. The quantitative estimate of drug-likeness (QED) is 0.506. The summed E-state index contributed by atoms with van der Waals surface area (Å²) in [4.78, 5) is 0.849. The van der Waals surface area contributed by atoms with Gasteiger partial charge in [-0.15, -0.1) is 18.3 Å². The first-order valence-corrected chi connectivity index (χ1v) is 4.53. The molecule has 0 fully saturated rings. The number of allylic oxidation sites excluding steroid dienone is 4. The van der Waals surface area contributed by atoms with E-state index in [1.54, 1.807) is 24.3 Å². The Morgan fingerprint density at radius 1 is 1.42 bits per heavy atom. The molecule has 0 heterocycles. The Kier molecular flexibility index (Phi) is 3.05. The summed E-state index contributed by atoms with van der Waals surface area (Å²) in [5.74, 6) is 0.787. The average molecular weight is 178 g/mol. The van der Waals surface area contributed by atoms with Gasteiger partial charge in [-0.1, -0.05) is 6.08 Å². The largest absolute Gasteiger partial charge is 0.301 e. The second kappa shape index (κ2) is 4.07. The van der Waals surface area contributed by atoms with Crippen molar-refractivity contribution in [3.63, 3.8) is 0 Å². The maximum absolute atomic E-state index is 7.51. The molecule has 0 radical (unpaired) electrons. The van der Waals surface area contributed by atoms with Crippen molar-refractivity contribution in [2.45, 2.75) is 0 Å². The van der Waals surface area contributed by atoms with Crippen LogP contribution < -0.4 is 0 Å². The maximum Gasteiger partial charge on any atom is 0.0677 e. The Labute approximate surface area is 76.1 Å². The zero-order valence-electron chi connectivity index (χ0n) is 6.63. The van der Waals surface area contributed by atoms with E-state index in [1.165, 1.54) is 11.8 Å². The predicted molar refractivity (Wildman–Crippen MR) is 55.3 cm³/mol. The predicted octanol–water partition coefficient (Wildman–Crippen LogP) is 2.40. The van der Waals surface area contributed by atoms with E-state index in [4.69, 9.17) is 10.8 Å². The highest BCUT2D eigenvalue weighted by Gasteiger charge is 2.06. The van der Waals surface area contributed by atoms with Gasteiger partial charge in [0.05, 0.1) is 11.4 Å². The van der Waals surface area contributed by atoms with Gasteiger partial charge < -0.3 is 5.41 Å². The number of hydrogen-bond donors (Lipinski definition) is 2. The monoisotopic (exact) mass is 178 g/mol. The van der Waals surface area contributed by atoms with Crippen LogP contribution in [-0.4, -0.2) is 17.2 Å². The third-order valence-electron chi connectivity index (χ3n) is 1.34. The van der Waals surface area contributed by atoms with E-state index in [-0.39, 0.29) is 0 Å². The molecule has 2 nitrogen and oxygen atoms in total. The molecule has 0 saturated heterocycles. The van der Waals surface area contributed by atoms with E-state index < -0.39 is 0 Å². The minimum atomic E-state index is 0.456. The molecule has 0 amide bonds. The zero-order valence-corrected chi connectivity index (χ0v) is 7.45. The van der Waals surface area contributed by atoms with E-state index in [0.717, 1.165) is 10.7 Å². The molecule has 62 valence electrons. The molecular formula is C9H10N2S. The van der Waals surface area contributed by atoms with Gasteiger partial charge >= 0.3 is 0 Å².